The largest absolute Gasteiger partial charge is 0.323 e. The van der Waals surface area contributed by atoms with Gasteiger partial charge >= 0.3 is 6.03 Å². The molecule has 0 saturated heterocycles. The molecule has 2 rings (SSSR count). The second-order valence-electron chi connectivity index (χ2n) is 3.69. The van der Waals surface area contributed by atoms with Crippen LogP contribution in [0.1, 0.15) is 0 Å². The first-order chi connectivity index (χ1) is 9.06. The van der Waals surface area contributed by atoms with Crippen LogP contribution in [0.25, 0.3) is 0 Å². The molecule has 19 heavy (non-hydrogen) atoms. The topological polar surface area (TPSA) is 41.1 Å². The molecule has 0 radical (unpaired) electrons. The van der Waals surface area contributed by atoms with Crippen molar-refractivity contribution in [2.45, 2.75) is 0 Å². The Hall–Kier alpha value is -1.59. The van der Waals surface area contributed by atoms with E-state index in [9.17, 15) is 9.18 Å². The van der Waals surface area contributed by atoms with Gasteiger partial charge < -0.3 is 10.6 Å². The highest BCUT2D eigenvalue weighted by atomic mass is 79.9. The summed E-state index contributed by atoms with van der Waals surface area (Å²) in [4.78, 5) is 11.7. The minimum Gasteiger partial charge on any atom is -0.308 e. The van der Waals surface area contributed by atoms with E-state index >= 15 is 0 Å². The highest BCUT2D eigenvalue weighted by molar-refractivity contribution is 9.10. The van der Waals surface area contributed by atoms with Gasteiger partial charge in [0.1, 0.15) is 5.82 Å². The van der Waals surface area contributed by atoms with E-state index in [0.29, 0.717) is 5.69 Å². The first-order valence-electron chi connectivity index (χ1n) is 5.34. The van der Waals surface area contributed by atoms with Gasteiger partial charge in [0.25, 0.3) is 0 Å². The summed E-state index contributed by atoms with van der Waals surface area (Å²) in [7, 11) is 0. The van der Waals surface area contributed by atoms with Gasteiger partial charge in [-0.05, 0) is 30.3 Å². The van der Waals surface area contributed by atoms with Crippen molar-refractivity contribution < 1.29 is 9.18 Å². The Morgan fingerprint density at radius 1 is 1.16 bits per heavy atom. The molecule has 98 valence electrons. The molecule has 0 spiro atoms. The van der Waals surface area contributed by atoms with Gasteiger partial charge in [-0.1, -0.05) is 39.7 Å². The molecule has 6 heteroatoms. The zero-order valence-corrected chi connectivity index (χ0v) is 11.9. The Morgan fingerprint density at radius 2 is 1.89 bits per heavy atom. The normalized spacial score (nSPS) is 10.1. The summed E-state index contributed by atoms with van der Waals surface area (Å²) in [6.45, 7) is 0. The van der Waals surface area contributed by atoms with Gasteiger partial charge in [-0.3, -0.25) is 0 Å². The van der Waals surface area contributed by atoms with Gasteiger partial charge in [0, 0.05) is 10.2 Å². The SMILES string of the molecule is O=C(Nc1cccc(Br)c1)Nc1c(F)cccc1Cl. The van der Waals surface area contributed by atoms with Gasteiger partial charge in [-0.25, -0.2) is 9.18 Å². The van der Waals surface area contributed by atoms with Crippen molar-refractivity contribution >= 4 is 44.9 Å². The average Bonchev–Trinajstić information content (AvgIpc) is 2.34. The van der Waals surface area contributed by atoms with Gasteiger partial charge in [0.15, 0.2) is 0 Å². The van der Waals surface area contributed by atoms with Crippen LogP contribution < -0.4 is 10.6 Å². The fourth-order valence-electron chi connectivity index (χ4n) is 1.46. The molecule has 0 saturated carbocycles. The lowest BCUT2D eigenvalue weighted by molar-refractivity contribution is 0.262. The zero-order valence-electron chi connectivity index (χ0n) is 9.58. The van der Waals surface area contributed by atoms with E-state index in [4.69, 9.17) is 11.6 Å². The van der Waals surface area contributed by atoms with Crippen LogP contribution >= 0.6 is 27.5 Å². The molecule has 0 unspecified atom stereocenters. The lowest BCUT2D eigenvalue weighted by atomic mass is 10.3. The number of hydrogen-bond donors (Lipinski definition) is 2. The fraction of sp³-hybridized carbons (Fsp3) is 0. The number of carbonyl (C=O) groups excluding carboxylic acids is 1. The van der Waals surface area contributed by atoms with E-state index in [1.165, 1.54) is 18.2 Å². The number of rotatable bonds is 2. The summed E-state index contributed by atoms with van der Waals surface area (Å²) in [6.07, 6.45) is 0. The van der Waals surface area contributed by atoms with Crippen molar-refractivity contribution in [1.82, 2.24) is 0 Å². The Kier molecular flexibility index (Phi) is 4.39. The van der Waals surface area contributed by atoms with Crippen molar-refractivity contribution in [2.75, 3.05) is 10.6 Å². The maximum atomic E-state index is 13.5. The molecule has 0 atom stereocenters. The lowest BCUT2D eigenvalue weighted by Crippen LogP contribution is -2.20. The molecule has 0 heterocycles. The third-order valence-electron chi connectivity index (χ3n) is 2.28. The molecule has 0 aliphatic rings. The lowest BCUT2D eigenvalue weighted by Gasteiger charge is -2.10. The number of benzene rings is 2. The molecule has 0 bridgehead atoms. The standard InChI is InChI=1S/C13H9BrClFN2O/c14-8-3-1-4-9(7-8)17-13(19)18-12-10(15)5-2-6-11(12)16/h1-7H,(H2,17,18,19). The predicted molar refractivity (Wildman–Crippen MR) is 78.2 cm³/mol. The number of hydrogen-bond acceptors (Lipinski definition) is 1. The summed E-state index contributed by atoms with van der Waals surface area (Å²) in [6, 6.07) is 10.7. The van der Waals surface area contributed by atoms with Crippen LogP contribution in [0.4, 0.5) is 20.6 Å². The Morgan fingerprint density at radius 3 is 2.58 bits per heavy atom. The Bertz CT molecular complexity index is 601. The van der Waals surface area contributed by atoms with Crippen LogP contribution in [0.3, 0.4) is 0 Å². The van der Waals surface area contributed by atoms with Crippen LogP contribution in [0, 0.1) is 5.82 Å². The molecule has 2 aromatic rings. The first kappa shape index (κ1) is 13.8. The van der Waals surface area contributed by atoms with E-state index in [-0.39, 0.29) is 10.7 Å². The minimum absolute atomic E-state index is 0.0448. The maximum Gasteiger partial charge on any atom is 0.323 e. The average molecular weight is 344 g/mol. The second kappa shape index (κ2) is 6.04. The first-order valence-corrected chi connectivity index (χ1v) is 6.51. The van der Waals surface area contributed by atoms with E-state index < -0.39 is 11.8 Å². The van der Waals surface area contributed by atoms with Gasteiger partial charge in [0.05, 0.1) is 10.7 Å². The predicted octanol–water partition coefficient (Wildman–Crippen LogP) is 4.89. The van der Waals surface area contributed by atoms with E-state index in [1.54, 1.807) is 18.2 Å². The van der Waals surface area contributed by atoms with Crippen molar-refractivity contribution in [3.8, 4) is 0 Å². The maximum absolute atomic E-state index is 13.5. The third kappa shape index (κ3) is 3.68. The highest BCUT2D eigenvalue weighted by Gasteiger charge is 2.10. The molecule has 0 aliphatic heterocycles. The fourth-order valence-corrected chi connectivity index (χ4v) is 2.07. The van der Waals surface area contributed by atoms with Crippen molar-refractivity contribution in [3.63, 3.8) is 0 Å². The second-order valence-corrected chi connectivity index (χ2v) is 5.01. The minimum atomic E-state index is -0.586. The van der Waals surface area contributed by atoms with Gasteiger partial charge in [-0.2, -0.15) is 0 Å². The molecular formula is C13H9BrClFN2O. The van der Waals surface area contributed by atoms with Crippen LogP contribution in [0.2, 0.25) is 5.02 Å². The zero-order chi connectivity index (χ0) is 13.8. The van der Waals surface area contributed by atoms with Crippen molar-refractivity contribution in [2.24, 2.45) is 0 Å². The van der Waals surface area contributed by atoms with Crippen molar-refractivity contribution in [3.05, 3.63) is 57.8 Å². The summed E-state index contributed by atoms with van der Waals surface area (Å²) in [5.41, 5.74) is 0.538. The third-order valence-corrected chi connectivity index (χ3v) is 3.09. The Labute approximate surface area is 122 Å². The molecule has 2 N–H and O–H groups in total. The quantitative estimate of drug-likeness (QED) is 0.801. The number of anilines is 2. The van der Waals surface area contributed by atoms with Crippen LogP contribution in [-0.4, -0.2) is 6.03 Å². The number of para-hydroxylation sites is 1. The number of halogens is 3. The molecule has 2 amide bonds. The summed E-state index contributed by atoms with van der Waals surface area (Å²) in [5, 5.41) is 5.10. The summed E-state index contributed by atoms with van der Waals surface area (Å²) < 4.78 is 14.3. The molecule has 0 aromatic heterocycles. The van der Waals surface area contributed by atoms with Gasteiger partial charge in [0.2, 0.25) is 0 Å². The van der Waals surface area contributed by atoms with Gasteiger partial charge in [-0.15, -0.1) is 0 Å². The summed E-state index contributed by atoms with van der Waals surface area (Å²) in [5.74, 6) is -0.586. The molecular weight excluding hydrogens is 335 g/mol. The van der Waals surface area contributed by atoms with E-state index in [2.05, 4.69) is 26.6 Å². The van der Waals surface area contributed by atoms with Crippen LogP contribution in [0.5, 0.6) is 0 Å². The van der Waals surface area contributed by atoms with Crippen LogP contribution in [-0.2, 0) is 0 Å². The van der Waals surface area contributed by atoms with E-state index in [1.807, 2.05) is 6.07 Å². The smallest absolute Gasteiger partial charge is 0.308 e. The number of urea groups is 1. The molecule has 0 fully saturated rings. The molecule has 0 aliphatic carbocycles. The summed E-state index contributed by atoms with van der Waals surface area (Å²) >= 11 is 9.10. The van der Waals surface area contributed by atoms with Crippen molar-refractivity contribution in [1.29, 1.82) is 0 Å². The molecule has 3 nitrogen and oxygen atoms in total. The van der Waals surface area contributed by atoms with E-state index in [0.717, 1.165) is 4.47 Å². The van der Waals surface area contributed by atoms with Crippen LogP contribution in [0.15, 0.2) is 46.9 Å². The monoisotopic (exact) mass is 342 g/mol. The molecule has 2 aromatic carbocycles. The Balaban J connectivity index is 2.10. The number of carbonyl (C=O) groups is 1. The number of nitrogens with one attached hydrogen (secondary N) is 2. The highest BCUT2D eigenvalue weighted by Crippen LogP contribution is 2.25. The number of amides is 2.